The summed E-state index contributed by atoms with van der Waals surface area (Å²) in [5.74, 6) is 5.76. The molecular formula is C18H19ClN2O3. The van der Waals surface area contributed by atoms with Crippen LogP contribution in [0.2, 0.25) is 5.15 Å². The molecule has 0 saturated carbocycles. The van der Waals surface area contributed by atoms with Gasteiger partial charge >= 0.3 is 5.97 Å². The maximum atomic E-state index is 11.5. The van der Waals surface area contributed by atoms with Gasteiger partial charge in [-0.3, -0.25) is 0 Å². The van der Waals surface area contributed by atoms with E-state index in [1.807, 2.05) is 6.92 Å². The van der Waals surface area contributed by atoms with Crippen LogP contribution in [0.25, 0.3) is 6.08 Å². The van der Waals surface area contributed by atoms with Crippen LogP contribution in [0.5, 0.6) is 0 Å². The molecule has 1 atom stereocenters. The first-order chi connectivity index (χ1) is 11.5. The molecule has 1 unspecified atom stereocenters. The van der Waals surface area contributed by atoms with Gasteiger partial charge in [-0.1, -0.05) is 36.1 Å². The standard InChI is InChI=1S/C17H15ClN2O2.CH4O/c1-4-12-8-16(18)20-10-14(12)6-5-13-9-19-15(7-11(13)2)17(21)22-3;1-2/h4,7-10,15,19H,1H2,2-3H3;2H,1H3. The zero-order valence-electron chi connectivity index (χ0n) is 13.8. The van der Waals surface area contributed by atoms with E-state index in [-0.39, 0.29) is 5.97 Å². The molecule has 0 aromatic carbocycles. The molecule has 0 amide bonds. The highest BCUT2D eigenvalue weighted by Gasteiger charge is 2.18. The van der Waals surface area contributed by atoms with E-state index >= 15 is 0 Å². The highest BCUT2D eigenvalue weighted by Crippen LogP contribution is 2.16. The van der Waals surface area contributed by atoms with Gasteiger partial charge in [0.2, 0.25) is 0 Å². The second-order valence-electron chi connectivity index (χ2n) is 4.62. The third kappa shape index (κ3) is 4.98. The van der Waals surface area contributed by atoms with Crippen molar-refractivity contribution >= 4 is 23.6 Å². The maximum Gasteiger partial charge on any atom is 0.332 e. The van der Waals surface area contributed by atoms with Crippen molar-refractivity contribution < 1.29 is 14.6 Å². The minimum absolute atomic E-state index is 0.335. The molecule has 0 saturated heterocycles. The van der Waals surface area contributed by atoms with Gasteiger partial charge in [-0.25, -0.2) is 9.78 Å². The van der Waals surface area contributed by atoms with Crippen LogP contribution in [0.15, 0.2) is 42.3 Å². The number of rotatable bonds is 2. The van der Waals surface area contributed by atoms with Crippen molar-refractivity contribution in [1.82, 2.24) is 10.3 Å². The minimum atomic E-state index is -0.475. The number of carbonyl (C=O) groups excluding carboxylic acids is 1. The summed E-state index contributed by atoms with van der Waals surface area (Å²) in [6, 6.07) is 1.23. The van der Waals surface area contributed by atoms with Crippen LogP contribution in [0.1, 0.15) is 18.1 Å². The lowest BCUT2D eigenvalue weighted by Crippen LogP contribution is -2.34. The lowest BCUT2D eigenvalue weighted by Gasteiger charge is -2.17. The van der Waals surface area contributed by atoms with Crippen LogP contribution in [-0.2, 0) is 9.53 Å². The fourth-order valence-electron chi connectivity index (χ4n) is 1.92. The zero-order valence-corrected chi connectivity index (χ0v) is 14.5. The van der Waals surface area contributed by atoms with Crippen LogP contribution < -0.4 is 5.32 Å². The summed E-state index contributed by atoms with van der Waals surface area (Å²) in [7, 11) is 2.36. The lowest BCUT2D eigenvalue weighted by atomic mass is 10.0. The molecule has 1 aliphatic heterocycles. The Morgan fingerprint density at radius 3 is 2.79 bits per heavy atom. The lowest BCUT2D eigenvalue weighted by molar-refractivity contribution is -0.141. The van der Waals surface area contributed by atoms with E-state index < -0.39 is 6.04 Å². The number of ether oxygens (including phenoxy) is 1. The van der Waals surface area contributed by atoms with Gasteiger partial charge in [0.25, 0.3) is 0 Å². The van der Waals surface area contributed by atoms with Gasteiger partial charge in [0.15, 0.2) is 0 Å². The molecule has 5 nitrogen and oxygen atoms in total. The van der Waals surface area contributed by atoms with Gasteiger partial charge in [0.1, 0.15) is 11.2 Å². The summed E-state index contributed by atoms with van der Waals surface area (Å²) in [5.41, 5.74) is 3.27. The molecule has 6 heteroatoms. The topological polar surface area (TPSA) is 71.5 Å². The zero-order chi connectivity index (χ0) is 18.1. The summed E-state index contributed by atoms with van der Waals surface area (Å²) in [6.45, 7) is 5.63. The first kappa shape index (κ1) is 19.5. The van der Waals surface area contributed by atoms with E-state index in [2.05, 4.69) is 28.7 Å². The highest BCUT2D eigenvalue weighted by molar-refractivity contribution is 6.29. The third-order valence-corrected chi connectivity index (χ3v) is 3.36. The van der Waals surface area contributed by atoms with E-state index in [1.165, 1.54) is 7.11 Å². The number of aromatic nitrogens is 1. The summed E-state index contributed by atoms with van der Waals surface area (Å²) < 4.78 is 4.70. The average molecular weight is 347 g/mol. The monoisotopic (exact) mass is 346 g/mol. The van der Waals surface area contributed by atoms with Gasteiger partial charge < -0.3 is 15.2 Å². The van der Waals surface area contributed by atoms with Crippen molar-refractivity contribution in [2.24, 2.45) is 0 Å². The third-order valence-electron chi connectivity index (χ3n) is 3.16. The van der Waals surface area contributed by atoms with E-state index in [0.717, 1.165) is 29.4 Å². The number of halogens is 1. The number of hydrogen-bond acceptors (Lipinski definition) is 5. The maximum absolute atomic E-state index is 11.5. The first-order valence-corrected chi connectivity index (χ1v) is 7.40. The largest absolute Gasteiger partial charge is 0.467 e. The molecule has 2 rings (SSSR count). The molecule has 0 fully saturated rings. The predicted octanol–water partition coefficient (Wildman–Crippen LogP) is 2.31. The second kappa shape index (κ2) is 9.56. The average Bonchev–Trinajstić information content (AvgIpc) is 2.62. The molecule has 2 heterocycles. The fraction of sp³-hybridized carbons (Fsp3) is 0.222. The Morgan fingerprint density at radius 2 is 2.21 bits per heavy atom. The summed E-state index contributed by atoms with van der Waals surface area (Å²) in [6.07, 6.45) is 6.78. The number of nitrogens with one attached hydrogen (secondary N) is 1. The van der Waals surface area contributed by atoms with Crippen LogP contribution >= 0.6 is 11.6 Å². The normalized spacial score (nSPS) is 15.3. The molecule has 1 aromatic heterocycles. The van der Waals surface area contributed by atoms with Crippen molar-refractivity contribution in [3.63, 3.8) is 0 Å². The summed E-state index contributed by atoms with van der Waals surface area (Å²) in [4.78, 5) is 15.5. The molecule has 0 bridgehead atoms. The van der Waals surface area contributed by atoms with Crippen molar-refractivity contribution in [3.8, 4) is 11.8 Å². The van der Waals surface area contributed by atoms with E-state index in [9.17, 15) is 4.79 Å². The Morgan fingerprint density at radius 1 is 1.50 bits per heavy atom. The number of methoxy groups -OCH3 is 1. The second-order valence-corrected chi connectivity index (χ2v) is 5.01. The number of nitrogens with zero attached hydrogens (tertiary/aromatic N) is 1. The summed E-state index contributed by atoms with van der Waals surface area (Å²) in [5, 5.41) is 10.4. The van der Waals surface area contributed by atoms with E-state index in [4.69, 9.17) is 21.4 Å². The van der Waals surface area contributed by atoms with Crippen LogP contribution in [0.3, 0.4) is 0 Å². The number of dihydropyridines is 1. The van der Waals surface area contributed by atoms with Crippen molar-refractivity contribution in [2.75, 3.05) is 14.2 Å². The molecule has 2 N–H and O–H groups in total. The van der Waals surface area contributed by atoms with Gasteiger partial charge in [-0.2, -0.15) is 0 Å². The van der Waals surface area contributed by atoms with Crippen LogP contribution in [0.4, 0.5) is 0 Å². The summed E-state index contributed by atoms with van der Waals surface area (Å²) >= 11 is 5.85. The molecule has 0 aliphatic carbocycles. The van der Waals surface area contributed by atoms with Crippen molar-refractivity contribution in [2.45, 2.75) is 13.0 Å². The molecule has 126 valence electrons. The number of aliphatic hydroxyl groups is 1. The Balaban J connectivity index is 0.00000139. The molecule has 0 radical (unpaired) electrons. The number of pyridine rings is 1. The molecule has 0 spiro atoms. The molecule has 24 heavy (non-hydrogen) atoms. The van der Waals surface area contributed by atoms with Crippen molar-refractivity contribution in [3.05, 3.63) is 58.5 Å². The number of allylic oxidation sites excluding steroid dienone is 2. The van der Waals surface area contributed by atoms with Crippen LogP contribution in [0, 0.1) is 11.8 Å². The smallest absolute Gasteiger partial charge is 0.332 e. The number of hydrogen-bond donors (Lipinski definition) is 2. The number of carbonyl (C=O) groups is 1. The molecule has 1 aliphatic rings. The van der Waals surface area contributed by atoms with E-state index in [0.29, 0.717) is 5.15 Å². The Bertz CT molecular complexity index is 742. The predicted molar refractivity (Wildman–Crippen MR) is 95.1 cm³/mol. The van der Waals surface area contributed by atoms with Crippen LogP contribution in [-0.4, -0.2) is 36.3 Å². The van der Waals surface area contributed by atoms with E-state index in [1.54, 1.807) is 30.6 Å². The van der Waals surface area contributed by atoms with Gasteiger partial charge in [0, 0.05) is 25.1 Å². The first-order valence-electron chi connectivity index (χ1n) is 7.02. The Labute approximate surface area is 146 Å². The van der Waals surface area contributed by atoms with Gasteiger partial charge in [-0.05, 0) is 30.2 Å². The van der Waals surface area contributed by atoms with Gasteiger partial charge in [-0.15, -0.1) is 0 Å². The molecular weight excluding hydrogens is 328 g/mol. The SMILES string of the molecule is C=Cc1cc(Cl)ncc1C#CC1=CNC(C(=O)OC)C=C1C.CO. The van der Waals surface area contributed by atoms with Crippen molar-refractivity contribution in [1.29, 1.82) is 0 Å². The van der Waals surface area contributed by atoms with Gasteiger partial charge in [0.05, 0.1) is 12.7 Å². The fourth-order valence-corrected chi connectivity index (χ4v) is 2.09. The Kier molecular flexibility index (Phi) is 7.76. The number of esters is 1. The molecule has 1 aromatic rings. The quantitative estimate of drug-likeness (QED) is 0.488. The highest BCUT2D eigenvalue weighted by atomic mass is 35.5. The Hall–Kier alpha value is -2.55. The number of aliphatic hydroxyl groups excluding tert-OH is 1. The minimum Gasteiger partial charge on any atom is -0.467 e.